The van der Waals surface area contributed by atoms with Crippen LogP contribution in [0.3, 0.4) is 0 Å². The van der Waals surface area contributed by atoms with Crippen LogP contribution in [0.15, 0.2) is 15.4 Å². The van der Waals surface area contributed by atoms with Crippen LogP contribution in [0.1, 0.15) is 41.1 Å². The highest BCUT2D eigenvalue weighted by Gasteiger charge is 2.24. The minimum Gasteiger partial charge on any atom is -0.361 e. The molecule has 0 amide bonds. The van der Waals surface area contributed by atoms with E-state index in [0.717, 1.165) is 94.1 Å². The Balaban J connectivity index is 1.13. The lowest BCUT2D eigenvalue weighted by Gasteiger charge is -2.34. The minimum atomic E-state index is 0.0502. The van der Waals surface area contributed by atoms with Crippen molar-refractivity contribution in [2.45, 2.75) is 51.6 Å². The summed E-state index contributed by atoms with van der Waals surface area (Å²) >= 11 is 0. The first-order chi connectivity index (χ1) is 13.3. The van der Waals surface area contributed by atoms with Gasteiger partial charge < -0.3 is 4.52 Å². The number of hydrogen-bond acceptors (Lipinski definition) is 6. The summed E-state index contributed by atoms with van der Waals surface area (Å²) in [6.07, 6.45) is 6.52. The zero-order valence-electron chi connectivity index (χ0n) is 15.8. The minimum absolute atomic E-state index is 0.0502. The van der Waals surface area contributed by atoms with Gasteiger partial charge in [-0.2, -0.15) is 5.10 Å². The third-order valence-electron chi connectivity index (χ3n) is 6.27. The monoisotopic (exact) mass is 369 g/mol. The second-order valence-corrected chi connectivity index (χ2v) is 8.03. The first kappa shape index (κ1) is 17.1. The fourth-order valence-corrected chi connectivity index (χ4v) is 4.63. The Bertz CT molecular complexity index is 879. The van der Waals surface area contributed by atoms with E-state index in [-0.39, 0.29) is 5.56 Å². The predicted octanol–water partition coefficient (Wildman–Crippen LogP) is 1.03. The molecule has 0 aromatic carbocycles. The maximum Gasteiger partial charge on any atom is 0.267 e. The molecule has 0 bridgehead atoms. The highest BCUT2D eigenvalue weighted by molar-refractivity contribution is 5.27. The van der Waals surface area contributed by atoms with Gasteiger partial charge in [0.2, 0.25) is 0 Å². The zero-order valence-corrected chi connectivity index (χ0v) is 15.8. The van der Waals surface area contributed by atoms with Gasteiger partial charge in [0, 0.05) is 57.3 Å². The van der Waals surface area contributed by atoms with E-state index in [1.807, 2.05) is 0 Å². The number of hydrogen-bond donors (Lipinski definition) is 0. The van der Waals surface area contributed by atoms with Gasteiger partial charge in [-0.15, -0.1) is 0 Å². The Kier molecular flexibility index (Phi) is 4.57. The van der Waals surface area contributed by atoms with E-state index in [1.165, 1.54) is 12.0 Å². The molecule has 0 radical (unpaired) electrons. The molecule has 7 nitrogen and oxygen atoms in total. The Labute approximate surface area is 158 Å². The Hall–Kier alpha value is -1.99. The van der Waals surface area contributed by atoms with Crippen LogP contribution in [0, 0.1) is 0 Å². The average Bonchev–Trinajstić information content (AvgIpc) is 3.39. The molecule has 0 saturated carbocycles. The molecule has 0 unspecified atom stereocenters. The van der Waals surface area contributed by atoms with Gasteiger partial charge in [-0.1, -0.05) is 5.16 Å². The van der Waals surface area contributed by atoms with Crippen LogP contribution in [-0.4, -0.2) is 57.5 Å². The summed E-state index contributed by atoms with van der Waals surface area (Å²) in [5.41, 5.74) is 4.84. The molecule has 2 aromatic rings. The SMILES string of the molecule is O=c1cc2c(nn1CCN1CCN(Cc3noc4c3CCC4)CC1)CCC2. The maximum absolute atomic E-state index is 12.2. The number of fused-ring (bicyclic) bond motifs is 2. The molecule has 1 saturated heterocycles. The molecule has 2 aromatic heterocycles. The summed E-state index contributed by atoms with van der Waals surface area (Å²) in [5, 5.41) is 8.87. The molecule has 1 fully saturated rings. The van der Waals surface area contributed by atoms with Crippen LogP contribution in [0.5, 0.6) is 0 Å². The standard InChI is InChI=1S/C20H27N5O2/c26-20-13-15-3-1-5-17(15)21-25(20)12-11-23-7-9-24(10-8-23)14-18-16-4-2-6-19(16)27-22-18/h13H,1-12,14H2. The number of piperazine rings is 1. The van der Waals surface area contributed by atoms with Crippen molar-refractivity contribution in [3.63, 3.8) is 0 Å². The van der Waals surface area contributed by atoms with E-state index in [4.69, 9.17) is 4.52 Å². The van der Waals surface area contributed by atoms with Gasteiger partial charge in [-0.25, -0.2) is 4.68 Å². The largest absolute Gasteiger partial charge is 0.361 e. The third-order valence-corrected chi connectivity index (χ3v) is 6.27. The van der Waals surface area contributed by atoms with Gasteiger partial charge in [-0.3, -0.25) is 14.6 Å². The number of aryl methyl sites for hydroxylation is 3. The van der Waals surface area contributed by atoms with Crippen molar-refractivity contribution < 1.29 is 4.52 Å². The molecule has 0 N–H and O–H groups in total. The topological polar surface area (TPSA) is 67.4 Å². The first-order valence-corrected chi connectivity index (χ1v) is 10.3. The summed E-state index contributed by atoms with van der Waals surface area (Å²) in [5.74, 6) is 1.11. The molecule has 0 spiro atoms. The van der Waals surface area contributed by atoms with E-state index < -0.39 is 0 Å². The Morgan fingerprint density at radius 1 is 0.963 bits per heavy atom. The lowest BCUT2D eigenvalue weighted by molar-refractivity contribution is 0.120. The molecule has 5 rings (SSSR count). The van der Waals surface area contributed by atoms with E-state index in [9.17, 15) is 4.79 Å². The Morgan fingerprint density at radius 2 is 1.78 bits per heavy atom. The predicted molar refractivity (Wildman–Crippen MR) is 101 cm³/mol. The van der Waals surface area contributed by atoms with Gasteiger partial charge in [-0.05, 0) is 37.7 Å². The summed E-state index contributed by atoms with van der Waals surface area (Å²) in [6.45, 7) is 6.60. The molecular formula is C20H27N5O2. The fraction of sp³-hybridized carbons (Fsp3) is 0.650. The van der Waals surface area contributed by atoms with Gasteiger partial charge >= 0.3 is 0 Å². The molecule has 144 valence electrons. The lowest BCUT2D eigenvalue weighted by atomic mass is 10.2. The average molecular weight is 369 g/mol. The van der Waals surface area contributed by atoms with Crippen LogP contribution >= 0.6 is 0 Å². The quantitative estimate of drug-likeness (QED) is 0.784. The van der Waals surface area contributed by atoms with Gasteiger partial charge in [0.15, 0.2) is 0 Å². The summed E-state index contributed by atoms with van der Waals surface area (Å²) in [7, 11) is 0. The molecule has 27 heavy (non-hydrogen) atoms. The van der Waals surface area contributed by atoms with Gasteiger partial charge in [0.05, 0.1) is 12.2 Å². The van der Waals surface area contributed by atoms with Crippen molar-refractivity contribution >= 4 is 0 Å². The molecule has 0 atom stereocenters. The first-order valence-electron chi connectivity index (χ1n) is 10.3. The summed E-state index contributed by atoms with van der Waals surface area (Å²) in [6, 6.07) is 1.80. The van der Waals surface area contributed by atoms with Crippen LogP contribution in [0.25, 0.3) is 0 Å². The van der Waals surface area contributed by atoms with E-state index in [0.29, 0.717) is 6.54 Å². The van der Waals surface area contributed by atoms with Crippen molar-refractivity contribution in [3.8, 4) is 0 Å². The molecule has 1 aliphatic heterocycles. The molecular weight excluding hydrogens is 342 g/mol. The van der Waals surface area contributed by atoms with Crippen molar-refractivity contribution in [2.75, 3.05) is 32.7 Å². The number of aromatic nitrogens is 3. The molecule has 3 aliphatic rings. The third kappa shape index (κ3) is 3.46. The Morgan fingerprint density at radius 3 is 2.67 bits per heavy atom. The zero-order chi connectivity index (χ0) is 18.2. The van der Waals surface area contributed by atoms with Crippen molar-refractivity contribution in [1.82, 2.24) is 24.7 Å². The summed E-state index contributed by atoms with van der Waals surface area (Å²) < 4.78 is 7.14. The van der Waals surface area contributed by atoms with Gasteiger partial charge in [0.1, 0.15) is 11.5 Å². The van der Waals surface area contributed by atoms with E-state index in [2.05, 4.69) is 20.1 Å². The van der Waals surface area contributed by atoms with Crippen molar-refractivity contribution in [1.29, 1.82) is 0 Å². The van der Waals surface area contributed by atoms with Gasteiger partial charge in [0.25, 0.3) is 5.56 Å². The lowest BCUT2D eigenvalue weighted by Crippen LogP contribution is -2.47. The van der Waals surface area contributed by atoms with E-state index in [1.54, 1.807) is 10.7 Å². The van der Waals surface area contributed by atoms with Crippen LogP contribution in [0.2, 0.25) is 0 Å². The van der Waals surface area contributed by atoms with Crippen LogP contribution in [0.4, 0.5) is 0 Å². The van der Waals surface area contributed by atoms with Crippen molar-refractivity contribution in [3.05, 3.63) is 44.7 Å². The maximum atomic E-state index is 12.2. The fourth-order valence-electron chi connectivity index (χ4n) is 4.63. The second kappa shape index (κ2) is 7.20. The molecule has 2 aliphatic carbocycles. The van der Waals surface area contributed by atoms with Crippen LogP contribution in [-0.2, 0) is 38.8 Å². The highest BCUT2D eigenvalue weighted by atomic mass is 16.5. The number of rotatable bonds is 5. The van der Waals surface area contributed by atoms with Crippen molar-refractivity contribution in [2.24, 2.45) is 0 Å². The highest BCUT2D eigenvalue weighted by Crippen LogP contribution is 2.26. The molecule has 7 heteroatoms. The second-order valence-electron chi connectivity index (χ2n) is 8.03. The summed E-state index contributed by atoms with van der Waals surface area (Å²) in [4.78, 5) is 17.1. The van der Waals surface area contributed by atoms with Crippen LogP contribution < -0.4 is 5.56 Å². The normalized spacial score (nSPS) is 20.1. The number of nitrogens with zero attached hydrogens (tertiary/aromatic N) is 5. The smallest absolute Gasteiger partial charge is 0.267 e. The van der Waals surface area contributed by atoms with E-state index >= 15 is 0 Å². The molecule has 3 heterocycles.